The molecule has 26 heavy (non-hydrogen) atoms. The first-order chi connectivity index (χ1) is 12.3. The van der Waals surface area contributed by atoms with Gasteiger partial charge in [-0.3, -0.25) is 4.79 Å². The molecule has 0 bridgehead atoms. The predicted molar refractivity (Wildman–Crippen MR) is 106 cm³/mol. The van der Waals surface area contributed by atoms with E-state index in [1.54, 1.807) is 11.8 Å². The quantitative estimate of drug-likeness (QED) is 0.537. The Kier molecular flexibility index (Phi) is 7.94. The highest BCUT2D eigenvalue weighted by atomic mass is 32.2. The third-order valence-corrected chi connectivity index (χ3v) is 7.46. The molecule has 1 fully saturated rings. The van der Waals surface area contributed by atoms with Gasteiger partial charge in [-0.2, -0.15) is 17.0 Å². The van der Waals surface area contributed by atoms with E-state index in [1.165, 1.54) is 33.2 Å². The number of rotatable bonds is 8. The summed E-state index contributed by atoms with van der Waals surface area (Å²) in [5.74, 6) is 0.641. The first-order valence-electron chi connectivity index (χ1n) is 8.95. The van der Waals surface area contributed by atoms with E-state index in [4.69, 9.17) is 0 Å². The van der Waals surface area contributed by atoms with E-state index in [9.17, 15) is 13.2 Å². The topological polar surface area (TPSA) is 69.7 Å². The molecule has 6 nitrogen and oxygen atoms in total. The van der Waals surface area contributed by atoms with Crippen molar-refractivity contribution in [1.82, 2.24) is 13.9 Å². The summed E-state index contributed by atoms with van der Waals surface area (Å²) in [6.45, 7) is 3.44. The summed E-state index contributed by atoms with van der Waals surface area (Å²) in [5, 5.41) is 2.96. The van der Waals surface area contributed by atoms with Crippen molar-refractivity contribution in [2.45, 2.75) is 31.1 Å². The molecule has 1 amide bonds. The van der Waals surface area contributed by atoms with Crippen molar-refractivity contribution in [3.8, 4) is 0 Å². The molecule has 2 rings (SSSR count). The summed E-state index contributed by atoms with van der Waals surface area (Å²) in [6, 6.07) is 8.42. The molecular weight excluding hydrogens is 370 g/mol. The van der Waals surface area contributed by atoms with Gasteiger partial charge >= 0.3 is 0 Å². The van der Waals surface area contributed by atoms with Crippen LogP contribution in [0.15, 0.2) is 29.2 Å². The van der Waals surface area contributed by atoms with E-state index in [0.29, 0.717) is 19.5 Å². The fourth-order valence-electron chi connectivity index (χ4n) is 2.85. The lowest BCUT2D eigenvalue weighted by Gasteiger charge is -2.32. The van der Waals surface area contributed by atoms with Crippen molar-refractivity contribution in [3.05, 3.63) is 29.8 Å². The summed E-state index contributed by atoms with van der Waals surface area (Å²) < 4.78 is 27.1. The van der Waals surface area contributed by atoms with Gasteiger partial charge in [0.1, 0.15) is 0 Å². The zero-order valence-corrected chi connectivity index (χ0v) is 17.4. The fraction of sp³-hybridized carbons (Fsp3) is 0.611. The number of nitrogens with one attached hydrogen (secondary N) is 1. The molecule has 1 aromatic carbocycles. The van der Waals surface area contributed by atoms with Crippen LogP contribution in [0.3, 0.4) is 0 Å². The van der Waals surface area contributed by atoms with Crippen LogP contribution < -0.4 is 5.32 Å². The SMILES string of the molecule is Cc1ccc(SCCCNC(=O)[C@H]2CCCN(S(=O)(=O)N(C)C)C2)cc1. The second-order valence-corrected chi connectivity index (χ2v) is 10.1. The van der Waals surface area contributed by atoms with Gasteiger partial charge < -0.3 is 5.32 Å². The van der Waals surface area contributed by atoms with E-state index in [0.717, 1.165) is 18.6 Å². The van der Waals surface area contributed by atoms with Crippen LogP contribution in [0.1, 0.15) is 24.8 Å². The number of benzene rings is 1. The normalized spacial score (nSPS) is 18.8. The second kappa shape index (κ2) is 9.73. The Balaban J connectivity index is 1.71. The molecule has 1 heterocycles. The van der Waals surface area contributed by atoms with Crippen molar-refractivity contribution >= 4 is 27.9 Å². The molecule has 0 aliphatic carbocycles. The minimum atomic E-state index is -3.45. The van der Waals surface area contributed by atoms with Crippen molar-refractivity contribution in [2.24, 2.45) is 5.92 Å². The zero-order valence-electron chi connectivity index (χ0n) is 15.8. The van der Waals surface area contributed by atoms with Gasteiger partial charge in [0.15, 0.2) is 0 Å². The van der Waals surface area contributed by atoms with Crippen molar-refractivity contribution in [1.29, 1.82) is 0 Å². The molecule has 0 aromatic heterocycles. The third-order valence-electron chi connectivity index (χ3n) is 4.45. The lowest BCUT2D eigenvalue weighted by Crippen LogP contribution is -2.48. The van der Waals surface area contributed by atoms with Crippen LogP contribution in [0.25, 0.3) is 0 Å². The lowest BCUT2D eigenvalue weighted by molar-refractivity contribution is -0.126. The molecule has 1 saturated heterocycles. The second-order valence-electron chi connectivity index (χ2n) is 6.79. The lowest BCUT2D eigenvalue weighted by atomic mass is 9.99. The number of hydrogen-bond donors (Lipinski definition) is 1. The molecule has 0 radical (unpaired) electrons. The summed E-state index contributed by atoms with van der Waals surface area (Å²) in [7, 11) is -0.409. The Bertz CT molecular complexity index is 690. The first kappa shape index (κ1) is 21.2. The number of nitrogens with zero attached hydrogens (tertiary/aromatic N) is 2. The molecule has 0 saturated carbocycles. The van der Waals surface area contributed by atoms with Gasteiger partial charge in [-0.15, -0.1) is 11.8 Å². The molecule has 8 heteroatoms. The van der Waals surface area contributed by atoms with E-state index in [2.05, 4.69) is 36.5 Å². The van der Waals surface area contributed by atoms with Crippen molar-refractivity contribution < 1.29 is 13.2 Å². The van der Waals surface area contributed by atoms with E-state index >= 15 is 0 Å². The predicted octanol–water partition coefficient (Wildman–Crippen LogP) is 2.11. The number of piperidine rings is 1. The van der Waals surface area contributed by atoms with Crippen LogP contribution >= 0.6 is 11.8 Å². The average molecular weight is 400 g/mol. The van der Waals surface area contributed by atoms with Gasteiger partial charge in [-0.1, -0.05) is 17.7 Å². The minimum Gasteiger partial charge on any atom is -0.356 e. The molecule has 0 spiro atoms. The van der Waals surface area contributed by atoms with Crippen LogP contribution in [0, 0.1) is 12.8 Å². The molecule has 1 atom stereocenters. The van der Waals surface area contributed by atoms with Gasteiger partial charge in [0, 0.05) is 38.6 Å². The minimum absolute atomic E-state index is 0.0380. The Morgan fingerprint density at radius 3 is 2.65 bits per heavy atom. The number of thioether (sulfide) groups is 1. The average Bonchev–Trinajstić information content (AvgIpc) is 2.62. The number of carbonyl (C=O) groups is 1. The zero-order chi connectivity index (χ0) is 19.2. The smallest absolute Gasteiger partial charge is 0.281 e. The molecule has 1 N–H and O–H groups in total. The maximum absolute atomic E-state index is 12.4. The van der Waals surface area contributed by atoms with Crippen LogP contribution in [-0.2, 0) is 15.0 Å². The Hall–Kier alpha value is -1.09. The molecule has 1 aliphatic heterocycles. The van der Waals surface area contributed by atoms with Crippen LogP contribution in [0.5, 0.6) is 0 Å². The molecular formula is C18H29N3O3S2. The number of amides is 1. The monoisotopic (exact) mass is 399 g/mol. The van der Waals surface area contributed by atoms with Gasteiger partial charge in [0.25, 0.3) is 10.2 Å². The maximum atomic E-state index is 12.4. The molecule has 0 unspecified atom stereocenters. The fourth-order valence-corrected chi connectivity index (χ4v) is 4.89. The largest absolute Gasteiger partial charge is 0.356 e. The Morgan fingerprint density at radius 1 is 1.31 bits per heavy atom. The first-order valence-corrected chi connectivity index (χ1v) is 11.3. The highest BCUT2D eigenvalue weighted by Crippen LogP contribution is 2.21. The highest BCUT2D eigenvalue weighted by Gasteiger charge is 2.33. The van der Waals surface area contributed by atoms with Crippen LogP contribution in [0.4, 0.5) is 0 Å². The number of carbonyl (C=O) groups excluding carboxylic acids is 1. The summed E-state index contributed by atoms with van der Waals surface area (Å²) in [6.07, 6.45) is 2.34. The summed E-state index contributed by atoms with van der Waals surface area (Å²) >= 11 is 1.78. The molecule has 1 aliphatic rings. The Labute approximate surface area is 161 Å². The van der Waals surface area contributed by atoms with Gasteiger partial charge in [0.05, 0.1) is 5.92 Å². The third kappa shape index (κ3) is 5.97. The van der Waals surface area contributed by atoms with Gasteiger partial charge in [0.2, 0.25) is 5.91 Å². The van der Waals surface area contributed by atoms with E-state index in [1.807, 2.05) is 0 Å². The van der Waals surface area contributed by atoms with Crippen molar-refractivity contribution in [2.75, 3.05) is 39.5 Å². The summed E-state index contributed by atoms with van der Waals surface area (Å²) in [4.78, 5) is 13.6. The number of hydrogen-bond acceptors (Lipinski definition) is 4. The number of aryl methyl sites for hydroxylation is 1. The van der Waals surface area contributed by atoms with E-state index < -0.39 is 10.2 Å². The van der Waals surface area contributed by atoms with Gasteiger partial charge in [-0.05, 0) is 44.1 Å². The standard InChI is InChI=1S/C18H29N3O3S2/c1-15-7-9-17(10-8-15)25-13-5-11-19-18(22)16-6-4-12-21(14-16)26(23,24)20(2)3/h7-10,16H,4-6,11-14H2,1-3H3,(H,19,22)/t16-/m0/s1. The van der Waals surface area contributed by atoms with Crippen LogP contribution in [0.2, 0.25) is 0 Å². The highest BCUT2D eigenvalue weighted by molar-refractivity contribution is 7.99. The molecule has 1 aromatic rings. The van der Waals surface area contributed by atoms with E-state index in [-0.39, 0.29) is 18.4 Å². The Morgan fingerprint density at radius 2 is 2.00 bits per heavy atom. The van der Waals surface area contributed by atoms with Crippen LogP contribution in [-0.4, -0.2) is 62.4 Å². The van der Waals surface area contributed by atoms with Gasteiger partial charge in [-0.25, -0.2) is 0 Å². The molecule has 146 valence electrons. The maximum Gasteiger partial charge on any atom is 0.281 e. The summed E-state index contributed by atoms with van der Waals surface area (Å²) in [5.41, 5.74) is 1.25. The van der Waals surface area contributed by atoms with Crippen molar-refractivity contribution in [3.63, 3.8) is 0 Å².